The molecule has 82 valence electrons. The normalized spacial score (nSPS) is 7.07. The molecule has 0 radical (unpaired) electrons. The first kappa shape index (κ1) is 18.6. The maximum atomic E-state index is 10.5. The van der Waals surface area contributed by atoms with Crippen molar-refractivity contribution in [3.63, 3.8) is 0 Å². The van der Waals surface area contributed by atoms with E-state index in [4.69, 9.17) is 4.79 Å². The quantitative estimate of drug-likeness (QED) is 0.513. The summed E-state index contributed by atoms with van der Waals surface area (Å²) in [7, 11) is 0. The van der Waals surface area contributed by atoms with Gasteiger partial charge in [0.15, 0.2) is 5.78 Å². The van der Waals surface area contributed by atoms with E-state index in [2.05, 4.69) is 27.0 Å². The van der Waals surface area contributed by atoms with Gasteiger partial charge < -0.3 is 4.79 Å². The largest absolute Gasteiger partial charge is 0.307 e. The van der Waals surface area contributed by atoms with Crippen molar-refractivity contribution in [2.45, 2.75) is 40.0 Å². The predicted molar refractivity (Wildman–Crippen MR) is 62.3 cm³/mol. The van der Waals surface area contributed by atoms with E-state index >= 15 is 0 Å². The molecule has 0 amide bonds. The summed E-state index contributed by atoms with van der Waals surface area (Å²) in [6.07, 6.45) is 4.63. The van der Waals surface area contributed by atoms with E-state index in [0.29, 0.717) is 5.57 Å². The molecule has 0 heterocycles. The summed E-state index contributed by atoms with van der Waals surface area (Å²) in [6, 6.07) is 0. The summed E-state index contributed by atoms with van der Waals surface area (Å²) < 4.78 is 0. The van der Waals surface area contributed by atoms with E-state index in [-0.39, 0.29) is 5.78 Å². The third-order valence-corrected chi connectivity index (χ3v) is 1.15. The van der Waals surface area contributed by atoms with Crippen molar-refractivity contribution in [2.24, 2.45) is 0 Å². The molecule has 0 unspecified atom stereocenters. The number of carbonyl (C=O) groups is 2. The second kappa shape index (κ2) is 17.8. The molecule has 0 bridgehead atoms. The van der Waals surface area contributed by atoms with Gasteiger partial charge >= 0.3 is 0 Å². The number of carbonyl (C=O) groups excluding carboxylic acids is 2. The van der Waals surface area contributed by atoms with Crippen LogP contribution in [0.15, 0.2) is 24.8 Å². The third-order valence-electron chi connectivity index (χ3n) is 1.15. The highest BCUT2D eigenvalue weighted by Gasteiger charge is 1.96. The molecular formula is C12H22O2. The van der Waals surface area contributed by atoms with Crippen LogP contribution in [0.25, 0.3) is 0 Å². The Bertz CT molecular complexity index is 160. The van der Waals surface area contributed by atoms with Crippen LogP contribution in [0.1, 0.15) is 40.0 Å². The fraction of sp³-hybridized carbons (Fsp3) is 0.500. The molecule has 0 aliphatic rings. The van der Waals surface area contributed by atoms with Gasteiger partial charge in [0.2, 0.25) is 0 Å². The van der Waals surface area contributed by atoms with E-state index in [1.165, 1.54) is 13.3 Å². The Morgan fingerprint density at radius 3 is 1.86 bits per heavy atom. The van der Waals surface area contributed by atoms with Gasteiger partial charge in [0.05, 0.1) is 0 Å². The van der Waals surface area contributed by atoms with Crippen LogP contribution in [0.4, 0.5) is 0 Å². The topological polar surface area (TPSA) is 34.1 Å². The Hall–Kier alpha value is -1.18. The lowest BCUT2D eigenvalue weighted by Gasteiger charge is -1.94. The molecule has 0 aliphatic heterocycles. The number of Topliss-reactive ketones (excluding diaryl/α,β-unsaturated/α-hetero) is 1. The number of hydrogen-bond donors (Lipinski definition) is 0. The first-order valence-electron chi connectivity index (χ1n) is 4.68. The molecule has 0 spiro atoms. The average Bonchev–Trinajstić information content (AvgIpc) is 2.18. The average molecular weight is 198 g/mol. The molecule has 2 heteroatoms. The molecule has 0 saturated heterocycles. The molecule has 0 N–H and O–H groups in total. The minimum absolute atomic E-state index is 0.0804. The van der Waals surface area contributed by atoms with Crippen molar-refractivity contribution in [3.05, 3.63) is 24.8 Å². The summed E-state index contributed by atoms with van der Waals surface area (Å²) in [5.41, 5.74) is 0.690. The zero-order chi connectivity index (χ0) is 12.0. The molecule has 0 aromatic carbocycles. The van der Waals surface area contributed by atoms with Crippen molar-refractivity contribution in [3.8, 4) is 0 Å². The smallest absolute Gasteiger partial charge is 0.155 e. The second-order valence-electron chi connectivity index (χ2n) is 2.69. The Balaban J connectivity index is -0.000000205. The van der Waals surface area contributed by atoms with Crippen LogP contribution in [0.2, 0.25) is 0 Å². The number of ketones is 1. The summed E-state index contributed by atoms with van der Waals surface area (Å²) in [5, 5.41) is 0. The van der Waals surface area contributed by atoms with Crippen molar-refractivity contribution in [2.75, 3.05) is 0 Å². The maximum Gasteiger partial charge on any atom is 0.155 e. The number of hydrogen-bond acceptors (Lipinski definition) is 2. The summed E-state index contributed by atoms with van der Waals surface area (Å²) in [5.74, 6) is 0.0804. The Morgan fingerprint density at radius 1 is 1.29 bits per heavy atom. The van der Waals surface area contributed by atoms with E-state index < -0.39 is 0 Å². The van der Waals surface area contributed by atoms with Gasteiger partial charge in [0, 0.05) is 0 Å². The first-order valence-corrected chi connectivity index (χ1v) is 4.68. The summed E-state index contributed by atoms with van der Waals surface area (Å²) >= 11 is 0. The zero-order valence-corrected chi connectivity index (χ0v) is 9.64. The molecular weight excluding hydrogens is 176 g/mol. The van der Waals surface area contributed by atoms with Crippen LogP contribution in [0.5, 0.6) is 0 Å². The SMILES string of the molecule is C=CCCC(=C)C(C)=O.C=O.CCC. The van der Waals surface area contributed by atoms with Crippen molar-refractivity contribution in [1.29, 1.82) is 0 Å². The monoisotopic (exact) mass is 198 g/mol. The van der Waals surface area contributed by atoms with Gasteiger partial charge in [0.25, 0.3) is 0 Å². The fourth-order valence-electron chi connectivity index (χ4n) is 0.452. The fourth-order valence-corrected chi connectivity index (χ4v) is 0.452. The number of rotatable bonds is 4. The van der Waals surface area contributed by atoms with Crippen molar-refractivity contribution >= 4 is 12.6 Å². The van der Waals surface area contributed by atoms with Crippen LogP contribution in [0.3, 0.4) is 0 Å². The molecule has 14 heavy (non-hydrogen) atoms. The molecule has 0 fully saturated rings. The highest BCUT2D eigenvalue weighted by molar-refractivity contribution is 5.92. The third kappa shape index (κ3) is 22.4. The van der Waals surface area contributed by atoms with Gasteiger partial charge in [-0.05, 0) is 25.3 Å². The maximum absolute atomic E-state index is 10.5. The first-order chi connectivity index (χ1) is 6.59. The Labute approximate surface area is 87.7 Å². The Morgan fingerprint density at radius 2 is 1.64 bits per heavy atom. The summed E-state index contributed by atoms with van der Waals surface area (Å²) in [4.78, 5) is 18.5. The Kier molecular flexibility index (Phi) is 23.6. The molecule has 0 atom stereocenters. The highest BCUT2D eigenvalue weighted by atomic mass is 16.1. The molecule has 0 aromatic rings. The van der Waals surface area contributed by atoms with Crippen LogP contribution in [0, 0.1) is 0 Å². The minimum atomic E-state index is 0.0804. The number of allylic oxidation sites excluding steroid dienone is 2. The standard InChI is InChI=1S/C8H12O.C3H8.CH2O/c1-4-5-6-7(2)8(3)9;1-3-2;1-2/h4H,1-2,5-6H2,3H3;3H2,1-2H3;1H2. The second-order valence-corrected chi connectivity index (χ2v) is 2.69. The molecule has 2 nitrogen and oxygen atoms in total. The van der Waals surface area contributed by atoms with Crippen molar-refractivity contribution in [1.82, 2.24) is 0 Å². The van der Waals surface area contributed by atoms with Gasteiger partial charge in [0.1, 0.15) is 6.79 Å². The van der Waals surface area contributed by atoms with E-state index in [9.17, 15) is 4.79 Å². The molecule has 0 aliphatic carbocycles. The zero-order valence-electron chi connectivity index (χ0n) is 9.64. The van der Waals surface area contributed by atoms with Gasteiger partial charge in [-0.1, -0.05) is 32.9 Å². The van der Waals surface area contributed by atoms with Gasteiger partial charge in [-0.2, -0.15) is 0 Å². The van der Waals surface area contributed by atoms with E-state index in [1.54, 1.807) is 6.08 Å². The van der Waals surface area contributed by atoms with Gasteiger partial charge in [-0.25, -0.2) is 0 Å². The molecule has 0 rings (SSSR count). The highest BCUT2D eigenvalue weighted by Crippen LogP contribution is 2.02. The predicted octanol–water partition coefficient (Wildman–Crippen LogP) is 3.33. The lowest BCUT2D eigenvalue weighted by Crippen LogP contribution is -1.92. The van der Waals surface area contributed by atoms with E-state index in [0.717, 1.165) is 12.8 Å². The van der Waals surface area contributed by atoms with Crippen LogP contribution >= 0.6 is 0 Å². The van der Waals surface area contributed by atoms with Crippen LogP contribution in [-0.4, -0.2) is 12.6 Å². The van der Waals surface area contributed by atoms with Gasteiger partial charge in [-0.3, -0.25) is 4.79 Å². The van der Waals surface area contributed by atoms with Crippen LogP contribution in [-0.2, 0) is 9.59 Å². The minimum Gasteiger partial charge on any atom is -0.307 e. The lowest BCUT2D eigenvalue weighted by atomic mass is 10.1. The van der Waals surface area contributed by atoms with E-state index in [1.807, 2.05) is 6.79 Å². The molecule has 0 saturated carbocycles. The summed E-state index contributed by atoms with van der Waals surface area (Å²) in [6.45, 7) is 14.9. The van der Waals surface area contributed by atoms with Gasteiger partial charge in [-0.15, -0.1) is 6.58 Å². The van der Waals surface area contributed by atoms with Crippen molar-refractivity contribution < 1.29 is 9.59 Å². The van der Waals surface area contributed by atoms with Crippen LogP contribution < -0.4 is 0 Å². The lowest BCUT2D eigenvalue weighted by molar-refractivity contribution is -0.113. The molecule has 0 aromatic heterocycles.